The maximum absolute atomic E-state index is 12.1. The van der Waals surface area contributed by atoms with E-state index in [0.717, 1.165) is 12.8 Å². The van der Waals surface area contributed by atoms with Crippen molar-refractivity contribution in [1.29, 1.82) is 0 Å². The molecule has 3 rings (SSSR count). The van der Waals surface area contributed by atoms with Crippen LogP contribution in [0.25, 0.3) is 5.69 Å². The van der Waals surface area contributed by atoms with Gasteiger partial charge in [-0.15, -0.1) is 5.10 Å². The van der Waals surface area contributed by atoms with Crippen molar-refractivity contribution < 1.29 is 4.79 Å². The summed E-state index contributed by atoms with van der Waals surface area (Å²) in [5.41, 5.74) is 2.22. The van der Waals surface area contributed by atoms with Gasteiger partial charge in [0.2, 0.25) is 0 Å². The quantitative estimate of drug-likeness (QED) is 0.700. The number of aromatic nitrogens is 3. The average Bonchev–Trinajstić information content (AvgIpc) is 3.10. The fourth-order valence-corrected chi connectivity index (χ4v) is 2.58. The number of benzene rings is 2. The van der Waals surface area contributed by atoms with Crippen LogP contribution in [0.15, 0.2) is 60.8 Å². The monoisotopic (exact) mass is 340 g/mol. The third kappa shape index (κ3) is 4.00. The molecule has 5 nitrogen and oxygen atoms in total. The van der Waals surface area contributed by atoms with E-state index in [1.165, 1.54) is 10.2 Å². The molecule has 6 heteroatoms. The molecule has 1 aromatic heterocycles. The number of hydrogen-bond acceptors (Lipinski definition) is 3. The van der Waals surface area contributed by atoms with Crippen molar-refractivity contribution >= 4 is 17.5 Å². The van der Waals surface area contributed by atoms with Crippen LogP contribution in [-0.2, 0) is 6.42 Å². The topological polar surface area (TPSA) is 59.8 Å². The predicted octanol–water partition coefficient (Wildman–Crippen LogP) is 3.28. The molecule has 1 heterocycles. The summed E-state index contributed by atoms with van der Waals surface area (Å²) in [6.07, 6.45) is 3.37. The van der Waals surface area contributed by atoms with Crippen LogP contribution in [0.4, 0.5) is 0 Å². The standard InChI is InChI=1S/C18H17ClN4O/c19-15-10-4-5-11-17(15)23-13-16(21-22-23)18(24)20-12-6-9-14-7-2-1-3-8-14/h1-5,7-8,10-11,13H,6,9,12H2,(H,20,24). The minimum absolute atomic E-state index is 0.235. The first-order chi connectivity index (χ1) is 11.7. The van der Waals surface area contributed by atoms with Crippen molar-refractivity contribution in [2.24, 2.45) is 0 Å². The van der Waals surface area contributed by atoms with E-state index in [9.17, 15) is 4.79 Å². The number of nitrogens with one attached hydrogen (secondary N) is 1. The lowest BCUT2D eigenvalue weighted by atomic mass is 10.1. The third-order valence-corrected chi connectivity index (χ3v) is 3.92. The van der Waals surface area contributed by atoms with Crippen LogP contribution in [0, 0.1) is 0 Å². The Morgan fingerprint density at radius 3 is 2.62 bits per heavy atom. The molecule has 2 aromatic carbocycles. The summed E-state index contributed by atoms with van der Waals surface area (Å²) in [7, 11) is 0. The van der Waals surface area contributed by atoms with Gasteiger partial charge in [-0.25, -0.2) is 4.68 Å². The number of carbonyl (C=O) groups is 1. The number of aryl methyl sites for hydroxylation is 1. The Morgan fingerprint density at radius 2 is 1.83 bits per heavy atom. The van der Waals surface area contributed by atoms with Gasteiger partial charge in [-0.3, -0.25) is 4.79 Å². The van der Waals surface area contributed by atoms with E-state index in [4.69, 9.17) is 11.6 Å². The fraction of sp³-hybridized carbons (Fsp3) is 0.167. The van der Waals surface area contributed by atoms with Crippen molar-refractivity contribution in [3.05, 3.63) is 77.1 Å². The molecule has 24 heavy (non-hydrogen) atoms. The van der Waals surface area contributed by atoms with Gasteiger partial charge in [0.15, 0.2) is 5.69 Å². The highest BCUT2D eigenvalue weighted by Gasteiger charge is 2.12. The molecular weight excluding hydrogens is 324 g/mol. The maximum atomic E-state index is 12.1. The molecule has 0 spiro atoms. The summed E-state index contributed by atoms with van der Waals surface area (Å²) in [5.74, 6) is -0.235. The van der Waals surface area contributed by atoms with Crippen molar-refractivity contribution in [3.8, 4) is 5.69 Å². The molecule has 0 unspecified atom stereocenters. The van der Waals surface area contributed by atoms with Gasteiger partial charge < -0.3 is 5.32 Å². The Labute approximate surface area is 145 Å². The van der Waals surface area contributed by atoms with Gasteiger partial charge in [-0.2, -0.15) is 0 Å². The van der Waals surface area contributed by atoms with Gasteiger partial charge in [0.05, 0.1) is 16.9 Å². The molecule has 122 valence electrons. The van der Waals surface area contributed by atoms with Crippen LogP contribution in [-0.4, -0.2) is 27.4 Å². The Kier molecular flexibility index (Phi) is 5.23. The van der Waals surface area contributed by atoms with E-state index in [2.05, 4.69) is 27.8 Å². The van der Waals surface area contributed by atoms with Crippen LogP contribution >= 0.6 is 11.6 Å². The Balaban J connectivity index is 1.54. The van der Waals surface area contributed by atoms with Crippen LogP contribution in [0.3, 0.4) is 0 Å². The van der Waals surface area contributed by atoms with Crippen LogP contribution in [0.2, 0.25) is 5.02 Å². The van der Waals surface area contributed by atoms with Gasteiger partial charge in [0.25, 0.3) is 5.91 Å². The number of halogens is 1. The first-order valence-corrected chi connectivity index (χ1v) is 8.11. The van der Waals surface area contributed by atoms with Gasteiger partial charge in [-0.05, 0) is 30.5 Å². The Bertz CT molecular complexity index is 817. The second-order valence-electron chi connectivity index (χ2n) is 5.34. The lowest BCUT2D eigenvalue weighted by Crippen LogP contribution is -2.25. The zero-order valence-corrected chi connectivity index (χ0v) is 13.8. The summed E-state index contributed by atoms with van der Waals surface area (Å²) in [4.78, 5) is 12.1. The highest BCUT2D eigenvalue weighted by molar-refractivity contribution is 6.32. The lowest BCUT2D eigenvalue weighted by molar-refractivity contribution is 0.0948. The molecule has 1 amide bonds. The Hall–Kier alpha value is -2.66. The highest BCUT2D eigenvalue weighted by Crippen LogP contribution is 2.18. The van der Waals surface area contributed by atoms with Crippen molar-refractivity contribution in [2.45, 2.75) is 12.8 Å². The summed E-state index contributed by atoms with van der Waals surface area (Å²) in [6, 6.07) is 17.5. The molecular formula is C18H17ClN4O. The largest absolute Gasteiger partial charge is 0.351 e. The second kappa shape index (κ2) is 7.75. The molecule has 3 aromatic rings. The van der Waals surface area contributed by atoms with Crippen molar-refractivity contribution in [3.63, 3.8) is 0 Å². The van der Waals surface area contributed by atoms with E-state index in [1.807, 2.05) is 36.4 Å². The van der Waals surface area contributed by atoms with Crippen molar-refractivity contribution in [1.82, 2.24) is 20.3 Å². The van der Waals surface area contributed by atoms with Gasteiger partial charge >= 0.3 is 0 Å². The molecule has 1 N–H and O–H groups in total. The van der Waals surface area contributed by atoms with Gasteiger partial charge in [0.1, 0.15) is 0 Å². The molecule has 0 atom stereocenters. The highest BCUT2D eigenvalue weighted by atomic mass is 35.5. The molecule has 0 bridgehead atoms. The van der Waals surface area contributed by atoms with Gasteiger partial charge in [0, 0.05) is 6.54 Å². The summed E-state index contributed by atoms with van der Waals surface area (Å²) >= 11 is 6.12. The van der Waals surface area contributed by atoms with E-state index >= 15 is 0 Å². The molecule has 0 radical (unpaired) electrons. The number of para-hydroxylation sites is 1. The minimum Gasteiger partial charge on any atom is -0.351 e. The number of carbonyl (C=O) groups excluding carboxylic acids is 1. The van der Waals surface area contributed by atoms with E-state index in [0.29, 0.717) is 17.3 Å². The van der Waals surface area contributed by atoms with E-state index < -0.39 is 0 Å². The minimum atomic E-state index is -0.235. The fourth-order valence-electron chi connectivity index (χ4n) is 2.35. The number of nitrogens with zero attached hydrogens (tertiary/aromatic N) is 3. The first-order valence-electron chi connectivity index (χ1n) is 7.73. The lowest BCUT2D eigenvalue weighted by Gasteiger charge is -2.03. The number of rotatable bonds is 6. The van der Waals surface area contributed by atoms with Crippen LogP contribution < -0.4 is 5.32 Å². The zero-order valence-electron chi connectivity index (χ0n) is 13.0. The normalized spacial score (nSPS) is 10.5. The second-order valence-corrected chi connectivity index (χ2v) is 5.75. The SMILES string of the molecule is O=C(NCCCc1ccccc1)c1cn(-c2ccccc2Cl)nn1. The van der Waals surface area contributed by atoms with Crippen molar-refractivity contribution in [2.75, 3.05) is 6.54 Å². The molecule has 0 aliphatic carbocycles. The van der Waals surface area contributed by atoms with E-state index in [-0.39, 0.29) is 11.6 Å². The van der Waals surface area contributed by atoms with Crippen LogP contribution in [0.1, 0.15) is 22.5 Å². The first kappa shape index (κ1) is 16.2. The van der Waals surface area contributed by atoms with Gasteiger partial charge in [-0.1, -0.05) is 59.3 Å². The molecule has 0 aliphatic heterocycles. The molecule has 0 saturated carbocycles. The summed E-state index contributed by atoms with van der Waals surface area (Å²) in [6.45, 7) is 0.590. The molecule has 0 fully saturated rings. The predicted molar refractivity (Wildman–Crippen MR) is 93.5 cm³/mol. The smallest absolute Gasteiger partial charge is 0.273 e. The summed E-state index contributed by atoms with van der Waals surface area (Å²) in [5, 5.41) is 11.3. The number of hydrogen-bond donors (Lipinski definition) is 1. The van der Waals surface area contributed by atoms with Crippen LogP contribution in [0.5, 0.6) is 0 Å². The molecule has 0 saturated heterocycles. The maximum Gasteiger partial charge on any atom is 0.273 e. The summed E-state index contributed by atoms with van der Waals surface area (Å²) < 4.78 is 1.50. The molecule has 0 aliphatic rings. The third-order valence-electron chi connectivity index (χ3n) is 3.60. The average molecular weight is 341 g/mol. The Morgan fingerprint density at radius 1 is 1.08 bits per heavy atom. The van der Waals surface area contributed by atoms with E-state index in [1.54, 1.807) is 12.3 Å². The number of amides is 1. The zero-order chi connectivity index (χ0) is 16.8.